The number of hydrogen-bond donors (Lipinski definition) is 0. The van der Waals surface area contributed by atoms with Gasteiger partial charge in [-0.1, -0.05) is 0 Å². The third kappa shape index (κ3) is 9.94. The van der Waals surface area contributed by atoms with E-state index in [-0.39, 0.29) is 0 Å². The maximum atomic E-state index is 2.96. The van der Waals surface area contributed by atoms with E-state index in [2.05, 4.69) is 74.4 Å². The second kappa shape index (κ2) is 14.5. The van der Waals surface area contributed by atoms with Crippen molar-refractivity contribution < 1.29 is 0 Å². The summed E-state index contributed by atoms with van der Waals surface area (Å²) in [4.78, 5) is 0. The first kappa shape index (κ1) is 19.1. The molecule has 4 heteroatoms. The van der Waals surface area contributed by atoms with Crippen molar-refractivity contribution >= 4 is 70.4 Å². The van der Waals surface area contributed by atoms with Crippen molar-refractivity contribution in [2.75, 3.05) is 0 Å². The van der Waals surface area contributed by atoms with E-state index in [9.17, 15) is 0 Å². The zero-order valence-electron chi connectivity index (χ0n) is 9.96. The summed E-state index contributed by atoms with van der Waals surface area (Å²) in [5.74, 6) is 0. The molecule has 0 N–H and O–H groups in total. The Labute approximate surface area is 151 Å². The average Bonchev–Trinajstić information content (AvgIpc) is 2.51. The van der Waals surface area contributed by atoms with Gasteiger partial charge in [-0.15, -0.1) is 0 Å². The fraction of sp³-hybridized carbons (Fsp3) is 0.143. The molecule has 92 valence electrons. The average molecular weight is 582 g/mol. The molecule has 0 aliphatic rings. The van der Waals surface area contributed by atoms with Crippen molar-refractivity contribution in [3.8, 4) is 0 Å². The van der Waals surface area contributed by atoms with E-state index in [1.807, 2.05) is 36.4 Å². The summed E-state index contributed by atoms with van der Waals surface area (Å²) in [6, 6.07) is 20.7. The quantitative estimate of drug-likeness (QED) is 0.378. The van der Waals surface area contributed by atoms with E-state index >= 15 is 0 Å². The first-order valence-electron chi connectivity index (χ1n) is 5.32. The minimum absolute atomic E-state index is 1.01. The molecule has 18 heavy (non-hydrogen) atoms. The van der Waals surface area contributed by atoms with Crippen molar-refractivity contribution in [3.05, 3.63) is 71.8 Å². The molecule has 0 aromatic heterocycles. The monoisotopic (exact) mass is 584 g/mol. The van der Waals surface area contributed by atoms with E-state index in [4.69, 9.17) is 0 Å². The van der Waals surface area contributed by atoms with Crippen LogP contribution >= 0.6 is 18.1 Å². The molecule has 2 rings (SSSR count). The van der Waals surface area contributed by atoms with E-state index in [1.165, 1.54) is 31.3 Å². The van der Waals surface area contributed by atoms with Gasteiger partial charge >= 0.3 is 153 Å². The van der Waals surface area contributed by atoms with Gasteiger partial charge in [0, 0.05) is 0 Å². The van der Waals surface area contributed by atoms with Crippen LogP contribution in [0.2, 0.25) is 0 Å². The Morgan fingerprint density at radius 1 is 0.667 bits per heavy atom. The third-order valence-electron chi connectivity index (χ3n) is 2.02. The summed E-state index contributed by atoms with van der Waals surface area (Å²) in [6.45, 7) is 0. The number of benzene rings is 2. The van der Waals surface area contributed by atoms with Gasteiger partial charge in [0.15, 0.2) is 0 Å². The zero-order valence-corrected chi connectivity index (χ0v) is 18.8. The molecule has 0 aliphatic carbocycles. The fourth-order valence-electron chi connectivity index (χ4n) is 1.15. The molecule has 0 nitrogen and oxygen atoms in total. The van der Waals surface area contributed by atoms with Crippen LogP contribution in [0, 0.1) is 0 Å². The Hall–Kier alpha value is 1.08. The molecule has 0 atom stereocenters. The first-order valence-corrected chi connectivity index (χ1v) is 17.3. The Balaban J connectivity index is 0.000000283. The van der Waals surface area contributed by atoms with Crippen molar-refractivity contribution in [1.82, 2.24) is 0 Å². The molecule has 0 unspecified atom stereocenters. The van der Waals surface area contributed by atoms with Gasteiger partial charge in [-0.25, -0.2) is 0 Å². The number of hydrogen-bond acceptors (Lipinski definition) is 0. The van der Waals surface area contributed by atoms with Gasteiger partial charge in [0.05, 0.1) is 0 Å². The van der Waals surface area contributed by atoms with E-state index in [0.717, 1.165) is 10.6 Å². The third-order valence-corrected chi connectivity index (χ3v) is 3.42. The van der Waals surface area contributed by atoms with Crippen LogP contribution in [0.15, 0.2) is 60.7 Å². The molecule has 0 saturated heterocycles. The van der Waals surface area contributed by atoms with E-state index in [1.54, 1.807) is 0 Å². The fourth-order valence-corrected chi connectivity index (χ4v) is 1.96. The topological polar surface area (TPSA) is 0 Å². The molecule has 4 radical (unpaired) electrons. The SMILES string of the molecule is [In][I].[Se]Cc1ccccc1.[Se]Cc1ccccc1. The Bertz CT molecular complexity index is 342. The van der Waals surface area contributed by atoms with Crippen molar-refractivity contribution in [2.24, 2.45) is 0 Å². The molecular weight excluding hydrogens is 568 g/mol. The Kier molecular flexibility index (Phi) is 15.4. The van der Waals surface area contributed by atoms with Crippen molar-refractivity contribution in [2.45, 2.75) is 10.6 Å². The number of halogens is 1. The summed E-state index contributed by atoms with van der Waals surface area (Å²) in [7, 11) is 0. The zero-order chi connectivity index (χ0) is 13.6. The minimum atomic E-state index is 1.01. The summed E-state index contributed by atoms with van der Waals surface area (Å²) in [5.41, 5.74) is 2.71. The predicted octanol–water partition coefficient (Wildman–Crippen LogP) is 3.22. The van der Waals surface area contributed by atoms with Gasteiger partial charge in [-0.3, -0.25) is 0 Å². The summed E-state index contributed by atoms with van der Waals surface area (Å²) >= 11 is 9.52. The van der Waals surface area contributed by atoms with Gasteiger partial charge in [-0.05, 0) is 0 Å². The van der Waals surface area contributed by atoms with Gasteiger partial charge in [0.1, 0.15) is 0 Å². The van der Waals surface area contributed by atoms with Crippen molar-refractivity contribution in [3.63, 3.8) is 0 Å². The molecule has 0 spiro atoms. The summed E-state index contributed by atoms with van der Waals surface area (Å²) < 4.78 is 0. The summed E-state index contributed by atoms with van der Waals surface area (Å²) in [5, 5.41) is 2.03. The van der Waals surface area contributed by atoms with Gasteiger partial charge in [-0.2, -0.15) is 0 Å². The summed E-state index contributed by atoms with van der Waals surface area (Å²) in [6.07, 6.45) is 0. The second-order valence-corrected chi connectivity index (χ2v) is 4.47. The Morgan fingerprint density at radius 2 is 0.944 bits per heavy atom. The molecule has 0 heterocycles. The molecule has 2 aromatic carbocycles. The van der Waals surface area contributed by atoms with Crippen LogP contribution in [0.25, 0.3) is 0 Å². The molecular formula is C14H14IInSe2. The molecule has 0 amide bonds. The molecule has 0 fully saturated rings. The van der Waals surface area contributed by atoms with Crippen LogP contribution < -0.4 is 0 Å². The number of rotatable bonds is 2. The molecule has 0 bridgehead atoms. The van der Waals surface area contributed by atoms with Crippen LogP contribution in [-0.2, 0) is 10.6 Å². The van der Waals surface area contributed by atoms with Crippen LogP contribution in [-0.4, -0.2) is 52.2 Å². The van der Waals surface area contributed by atoms with Crippen LogP contribution in [0.5, 0.6) is 0 Å². The van der Waals surface area contributed by atoms with Gasteiger partial charge in [0.25, 0.3) is 0 Å². The standard InChI is InChI=1S/2C7H7Se.HI.In/c2*8-6-7-4-2-1-3-5-7;;/h2*1-5H,6H2;1H;/q;;;+1/p-1. The van der Waals surface area contributed by atoms with Crippen molar-refractivity contribution in [1.29, 1.82) is 0 Å². The normalized spacial score (nSPS) is 8.39. The molecule has 0 aliphatic heterocycles. The molecule has 0 saturated carbocycles. The van der Waals surface area contributed by atoms with Gasteiger partial charge < -0.3 is 0 Å². The Morgan fingerprint density at radius 3 is 1.11 bits per heavy atom. The molecule has 2 aromatic rings. The predicted molar refractivity (Wildman–Crippen MR) is 91.6 cm³/mol. The second-order valence-electron chi connectivity index (χ2n) is 3.26. The van der Waals surface area contributed by atoms with Crippen LogP contribution in [0.1, 0.15) is 11.1 Å². The maximum absolute atomic E-state index is 2.96. The first-order chi connectivity index (χ1) is 8.86. The van der Waals surface area contributed by atoms with Crippen LogP contribution in [0.3, 0.4) is 0 Å². The van der Waals surface area contributed by atoms with E-state index < -0.39 is 0 Å². The van der Waals surface area contributed by atoms with E-state index in [0.29, 0.717) is 0 Å². The van der Waals surface area contributed by atoms with Crippen LogP contribution in [0.4, 0.5) is 0 Å². The van der Waals surface area contributed by atoms with Gasteiger partial charge in [0.2, 0.25) is 0 Å².